The van der Waals surface area contributed by atoms with Crippen molar-refractivity contribution in [3.05, 3.63) is 36.0 Å². The molecule has 0 fully saturated rings. The average molecular weight is 121 g/mol. The van der Waals surface area contributed by atoms with Gasteiger partial charge in [0.25, 0.3) is 0 Å². The van der Waals surface area contributed by atoms with E-state index in [4.69, 9.17) is 0 Å². The van der Waals surface area contributed by atoms with Crippen LogP contribution >= 0.6 is 0 Å². The molecule has 0 nitrogen and oxygen atoms in total. The molecule has 0 saturated heterocycles. The van der Waals surface area contributed by atoms with Crippen LogP contribution < -0.4 is 0 Å². The summed E-state index contributed by atoms with van der Waals surface area (Å²) < 4.78 is 0. The SMILES string of the molecule is CC=C/[C]=C(\C)C=CC. The first-order valence-corrected chi connectivity index (χ1v) is 3.15. The normalized spacial score (nSPS) is 13.9. The zero-order chi connectivity index (χ0) is 7.11. The fourth-order valence-corrected chi connectivity index (χ4v) is 0.513. The van der Waals surface area contributed by atoms with Crippen molar-refractivity contribution in [3.8, 4) is 0 Å². The Morgan fingerprint density at radius 1 is 1.22 bits per heavy atom. The Morgan fingerprint density at radius 3 is 2.33 bits per heavy atom. The van der Waals surface area contributed by atoms with E-state index in [1.165, 1.54) is 0 Å². The highest BCUT2D eigenvalue weighted by Gasteiger charge is 1.73. The Balaban J connectivity index is 3.84. The van der Waals surface area contributed by atoms with Crippen molar-refractivity contribution in [3.63, 3.8) is 0 Å². The summed E-state index contributed by atoms with van der Waals surface area (Å²) in [6, 6.07) is 0. The van der Waals surface area contributed by atoms with Gasteiger partial charge in [0.1, 0.15) is 0 Å². The lowest BCUT2D eigenvalue weighted by atomic mass is 10.2. The van der Waals surface area contributed by atoms with Gasteiger partial charge in [0.05, 0.1) is 0 Å². The molecule has 0 aliphatic carbocycles. The minimum atomic E-state index is 1.16. The number of allylic oxidation sites excluding steroid dienone is 6. The topological polar surface area (TPSA) is 0 Å². The third-order valence-electron chi connectivity index (χ3n) is 0.894. The van der Waals surface area contributed by atoms with E-state index in [0.29, 0.717) is 0 Å². The molecular weight excluding hydrogens is 108 g/mol. The van der Waals surface area contributed by atoms with Gasteiger partial charge in [-0.15, -0.1) is 0 Å². The number of rotatable bonds is 2. The molecule has 0 rings (SSSR count). The first-order chi connectivity index (χ1) is 4.31. The Morgan fingerprint density at radius 2 is 1.89 bits per heavy atom. The zero-order valence-electron chi connectivity index (χ0n) is 6.31. The number of hydrogen-bond acceptors (Lipinski definition) is 0. The highest BCUT2D eigenvalue weighted by atomic mass is 13.8. The molecule has 9 heavy (non-hydrogen) atoms. The van der Waals surface area contributed by atoms with E-state index in [-0.39, 0.29) is 0 Å². The second-order valence-corrected chi connectivity index (χ2v) is 1.83. The molecule has 0 atom stereocenters. The van der Waals surface area contributed by atoms with Gasteiger partial charge in [-0.1, -0.05) is 24.3 Å². The molecule has 0 aliphatic heterocycles. The van der Waals surface area contributed by atoms with Crippen molar-refractivity contribution in [1.82, 2.24) is 0 Å². The minimum Gasteiger partial charge on any atom is -0.0874 e. The largest absolute Gasteiger partial charge is 0.0874 e. The van der Waals surface area contributed by atoms with Crippen LogP contribution in [0.3, 0.4) is 0 Å². The summed E-state index contributed by atoms with van der Waals surface area (Å²) in [6.45, 7) is 6.01. The van der Waals surface area contributed by atoms with Gasteiger partial charge in [0.15, 0.2) is 0 Å². The quantitative estimate of drug-likeness (QED) is 0.493. The summed E-state index contributed by atoms with van der Waals surface area (Å²) in [5.41, 5.74) is 1.16. The van der Waals surface area contributed by atoms with Crippen LogP contribution in [0.2, 0.25) is 0 Å². The van der Waals surface area contributed by atoms with Crippen molar-refractivity contribution in [2.24, 2.45) is 0 Å². The van der Waals surface area contributed by atoms with Crippen molar-refractivity contribution in [1.29, 1.82) is 0 Å². The molecule has 0 aromatic carbocycles. The first kappa shape index (κ1) is 8.22. The third-order valence-corrected chi connectivity index (χ3v) is 0.894. The summed E-state index contributed by atoms with van der Waals surface area (Å²) in [5.74, 6) is 0. The molecule has 49 valence electrons. The van der Waals surface area contributed by atoms with Crippen LogP contribution in [0.25, 0.3) is 0 Å². The molecule has 0 N–H and O–H groups in total. The van der Waals surface area contributed by atoms with Crippen molar-refractivity contribution in [2.45, 2.75) is 20.8 Å². The van der Waals surface area contributed by atoms with Gasteiger partial charge in [-0.3, -0.25) is 0 Å². The van der Waals surface area contributed by atoms with E-state index in [0.717, 1.165) is 5.57 Å². The predicted octanol–water partition coefficient (Wildman–Crippen LogP) is 2.89. The predicted molar refractivity (Wildman–Crippen MR) is 42.1 cm³/mol. The molecule has 0 heteroatoms. The van der Waals surface area contributed by atoms with E-state index in [2.05, 4.69) is 6.08 Å². The first-order valence-electron chi connectivity index (χ1n) is 3.15. The highest BCUT2D eigenvalue weighted by Crippen LogP contribution is 1.92. The summed E-state index contributed by atoms with van der Waals surface area (Å²) in [6.07, 6.45) is 11.0. The Labute approximate surface area is 57.6 Å². The Kier molecular flexibility index (Phi) is 4.89. The fraction of sp³-hybridized carbons (Fsp3) is 0.333. The van der Waals surface area contributed by atoms with Crippen LogP contribution in [0.15, 0.2) is 29.9 Å². The lowest BCUT2D eigenvalue weighted by Crippen LogP contribution is -1.63. The monoisotopic (exact) mass is 121 g/mol. The highest BCUT2D eigenvalue weighted by molar-refractivity contribution is 5.15. The molecule has 1 radical (unpaired) electrons. The molecule has 0 amide bonds. The Bertz CT molecular complexity index is 136. The maximum absolute atomic E-state index is 3.08. The second kappa shape index (κ2) is 5.36. The smallest absolute Gasteiger partial charge is 0.0156 e. The van der Waals surface area contributed by atoms with Crippen LogP contribution in [0.1, 0.15) is 20.8 Å². The molecule has 0 heterocycles. The molecule has 0 saturated carbocycles. The van der Waals surface area contributed by atoms with Gasteiger partial charge < -0.3 is 0 Å². The minimum absolute atomic E-state index is 1.16. The van der Waals surface area contributed by atoms with E-state index < -0.39 is 0 Å². The summed E-state index contributed by atoms with van der Waals surface area (Å²) in [4.78, 5) is 0. The van der Waals surface area contributed by atoms with E-state index in [1.807, 2.05) is 45.1 Å². The molecule has 0 spiro atoms. The van der Waals surface area contributed by atoms with Gasteiger partial charge in [-0.05, 0) is 32.4 Å². The zero-order valence-corrected chi connectivity index (χ0v) is 6.31. The van der Waals surface area contributed by atoms with Gasteiger partial charge in [0.2, 0.25) is 0 Å². The third kappa shape index (κ3) is 5.09. The van der Waals surface area contributed by atoms with Crippen LogP contribution in [-0.4, -0.2) is 0 Å². The Hall–Kier alpha value is -0.780. The van der Waals surface area contributed by atoms with Crippen LogP contribution in [0, 0.1) is 6.08 Å². The van der Waals surface area contributed by atoms with Crippen LogP contribution in [-0.2, 0) is 0 Å². The lowest BCUT2D eigenvalue weighted by Gasteiger charge is -1.82. The van der Waals surface area contributed by atoms with E-state index in [1.54, 1.807) is 0 Å². The van der Waals surface area contributed by atoms with Crippen molar-refractivity contribution < 1.29 is 0 Å². The molecular formula is C9H13. The van der Waals surface area contributed by atoms with Gasteiger partial charge in [-0.25, -0.2) is 0 Å². The molecule has 0 bridgehead atoms. The molecule has 0 aliphatic rings. The van der Waals surface area contributed by atoms with Crippen molar-refractivity contribution in [2.75, 3.05) is 0 Å². The van der Waals surface area contributed by atoms with Crippen LogP contribution in [0.5, 0.6) is 0 Å². The van der Waals surface area contributed by atoms with Gasteiger partial charge in [-0.2, -0.15) is 0 Å². The maximum Gasteiger partial charge on any atom is -0.0156 e. The maximum atomic E-state index is 3.08. The standard InChI is InChI=1S/C9H13/c1-4-6-8-9(3)7-5-2/h4-7H,1-3H3. The van der Waals surface area contributed by atoms with E-state index >= 15 is 0 Å². The van der Waals surface area contributed by atoms with Gasteiger partial charge in [0, 0.05) is 0 Å². The van der Waals surface area contributed by atoms with Gasteiger partial charge >= 0.3 is 0 Å². The summed E-state index contributed by atoms with van der Waals surface area (Å²) >= 11 is 0. The van der Waals surface area contributed by atoms with Crippen LogP contribution in [0.4, 0.5) is 0 Å². The lowest BCUT2D eigenvalue weighted by molar-refractivity contribution is 1.47. The molecule has 0 aromatic heterocycles. The van der Waals surface area contributed by atoms with Crippen molar-refractivity contribution >= 4 is 0 Å². The average Bonchev–Trinajstić information content (AvgIpc) is 1.85. The second-order valence-electron chi connectivity index (χ2n) is 1.83. The summed E-state index contributed by atoms with van der Waals surface area (Å²) in [5, 5.41) is 0. The number of hydrogen-bond donors (Lipinski definition) is 0. The molecule has 0 unspecified atom stereocenters. The summed E-state index contributed by atoms with van der Waals surface area (Å²) in [7, 11) is 0. The van der Waals surface area contributed by atoms with E-state index in [9.17, 15) is 0 Å². The molecule has 0 aromatic rings. The fourth-order valence-electron chi connectivity index (χ4n) is 0.513.